The number of carbonyl (C=O) groups is 1. The van der Waals surface area contributed by atoms with Crippen LogP contribution in [0.25, 0.3) is 11.4 Å². The molecule has 2 heterocycles. The molecule has 0 bridgehead atoms. The third-order valence-electron chi connectivity index (χ3n) is 6.40. The fraction of sp³-hybridized carbons (Fsp3) is 0.375. The van der Waals surface area contributed by atoms with Gasteiger partial charge in [0, 0.05) is 24.7 Å². The van der Waals surface area contributed by atoms with Crippen molar-refractivity contribution < 1.29 is 17.7 Å². The van der Waals surface area contributed by atoms with Crippen LogP contribution in [0.3, 0.4) is 0 Å². The van der Waals surface area contributed by atoms with Gasteiger partial charge in [0.25, 0.3) is 0 Å². The van der Waals surface area contributed by atoms with Gasteiger partial charge in [-0.15, -0.1) is 0 Å². The van der Waals surface area contributed by atoms with Crippen LogP contribution in [0.15, 0.2) is 51.9 Å². The van der Waals surface area contributed by atoms with Crippen molar-refractivity contribution in [3.8, 4) is 11.4 Å². The zero-order valence-corrected chi connectivity index (χ0v) is 19.3. The van der Waals surface area contributed by atoms with Gasteiger partial charge in [-0.25, -0.2) is 13.1 Å². The zero-order valence-electron chi connectivity index (χ0n) is 18.5. The minimum Gasteiger partial charge on any atom is -0.334 e. The van der Waals surface area contributed by atoms with E-state index in [2.05, 4.69) is 20.9 Å². The Labute approximate surface area is 193 Å². The standard InChI is InChI=1S/C24H26N4O4S/c1-16-11-12-18(22-25-23(32-26-22)24(29)28-13-4-5-14-28)15-21(16)33(30,31)27-20-10-6-8-17-7-2-3-9-19(17)20/h2-3,7,9,11-12,15,20,27H,4-6,8,10,13-14H2,1H3/t20-/m0/s1. The molecule has 1 amide bonds. The van der Waals surface area contributed by atoms with Gasteiger partial charge in [-0.1, -0.05) is 41.6 Å². The van der Waals surface area contributed by atoms with Crippen molar-refractivity contribution in [3.05, 3.63) is 65.0 Å². The fourth-order valence-corrected chi connectivity index (χ4v) is 6.16. The molecular formula is C24H26N4O4S. The first-order valence-electron chi connectivity index (χ1n) is 11.3. The Morgan fingerprint density at radius 1 is 1.12 bits per heavy atom. The minimum absolute atomic E-state index is 0.0752. The van der Waals surface area contributed by atoms with E-state index in [0.717, 1.165) is 37.7 Å². The SMILES string of the molecule is Cc1ccc(-c2noc(C(=O)N3CCCC3)n2)cc1S(=O)(=O)N[C@H]1CCCc2ccccc21. The summed E-state index contributed by atoms with van der Waals surface area (Å²) in [6.45, 7) is 3.12. The van der Waals surface area contributed by atoms with Crippen molar-refractivity contribution in [2.24, 2.45) is 0 Å². The van der Waals surface area contributed by atoms with Crippen LogP contribution in [0.5, 0.6) is 0 Å². The van der Waals surface area contributed by atoms with E-state index < -0.39 is 10.0 Å². The first kappa shape index (κ1) is 21.8. The third kappa shape index (κ3) is 4.30. The van der Waals surface area contributed by atoms with Crippen molar-refractivity contribution >= 4 is 15.9 Å². The maximum absolute atomic E-state index is 13.4. The Bertz CT molecular complexity index is 1300. The molecule has 9 heteroatoms. The summed E-state index contributed by atoms with van der Waals surface area (Å²) in [5.74, 6) is -0.172. The lowest BCUT2D eigenvalue weighted by Crippen LogP contribution is -2.31. The Hall–Kier alpha value is -3.04. The predicted octanol–water partition coefficient (Wildman–Crippen LogP) is 3.64. The molecule has 1 atom stereocenters. The Morgan fingerprint density at radius 2 is 1.91 bits per heavy atom. The molecule has 8 nitrogen and oxygen atoms in total. The number of sulfonamides is 1. The number of nitrogens with zero attached hydrogens (tertiary/aromatic N) is 3. The molecule has 0 radical (unpaired) electrons. The molecule has 1 aliphatic carbocycles. The molecule has 1 saturated heterocycles. The second-order valence-electron chi connectivity index (χ2n) is 8.67. The molecular weight excluding hydrogens is 440 g/mol. The number of hydrogen-bond donors (Lipinski definition) is 1. The van der Waals surface area contributed by atoms with Gasteiger partial charge in [-0.05, 0) is 61.8 Å². The second kappa shape index (κ2) is 8.72. The van der Waals surface area contributed by atoms with Crippen LogP contribution in [0.4, 0.5) is 0 Å². The van der Waals surface area contributed by atoms with Gasteiger partial charge in [0.2, 0.25) is 15.8 Å². The maximum Gasteiger partial charge on any atom is 0.316 e. The Kier molecular flexibility index (Phi) is 5.76. The molecule has 0 saturated carbocycles. The summed E-state index contributed by atoms with van der Waals surface area (Å²) in [5, 5.41) is 3.93. The third-order valence-corrected chi connectivity index (χ3v) is 8.02. The van der Waals surface area contributed by atoms with Crippen molar-refractivity contribution in [2.75, 3.05) is 13.1 Å². The minimum atomic E-state index is -3.80. The van der Waals surface area contributed by atoms with Crippen molar-refractivity contribution in [1.29, 1.82) is 0 Å². The summed E-state index contributed by atoms with van der Waals surface area (Å²) < 4.78 is 34.8. The lowest BCUT2D eigenvalue weighted by molar-refractivity contribution is 0.0743. The molecule has 5 rings (SSSR count). The summed E-state index contributed by atoms with van der Waals surface area (Å²) >= 11 is 0. The smallest absolute Gasteiger partial charge is 0.316 e. The highest BCUT2D eigenvalue weighted by Crippen LogP contribution is 2.32. The number of hydrogen-bond acceptors (Lipinski definition) is 6. The largest absolute Gasteiger partial charge is 0.334 e. The quantitative estimate of drug-likeness (QED) is 0.616. The average molecular weight is 467 g/mol. The van der Waals surface area contributed by atoms with Gasteiger partial charge in [-0.2, -0.15) is 4.98 Å². The maximum atomic E-state index is 13.4. The van der Waals surface area contributed by atoms with Gasteiger partial charge in [0.05, 0.1) is 4.90 Å². The lowest BCUT2D eigenvalue weighted by atomic mass is 9.88. The fourth-order valence-electron chi connectivity index (χ4n) is 4.64. The molecule has 2 aromatic carbocycles. The van der Waals surface area contributed by atoms with Gasteiger partial charge in [-0.3, -0.25) is 4.79 Å². The molecule has 2 aliphatic rings. The Morgan fingerprint density at radius 3 is 2.73 bits per heavy atom. The summed E-state index contributed by atoms with van der Waals surface area (Å²) in [6.07, 6.45) is 4.57. The molecule has 172 valence electrons. The summed E-state index contributed by atoms with van der Waals surface area (Å²) in [7, 11) is -3.80. The van der Waals surface area contributed by atoms with E-state index in [9.17, 15) is 13.2 Å². The van der Waals surface area contributed by atoms with E-state index >= 15 is 0 Å². The van der Waals surface area contributed by atoms with Gasteiger partial charge >= 0.3 is 11.8 Å². The second-order valence-corrected chi connectivity index (χ2v) is 10.4. The van der Waals surface area contributed by atoms with E-state index in [4.69, 9.17) is 4.52 Å². The number of nitrogens with one attached hydrogen (secondary N) is 1. The molecule has 1 aromatic heterocycles. The topological polar surface area (TPSA) is 105 Å². The summed E-state index contributed by atoms with van der Waals surface area (Å²) in [4.78, 5) is 18.6. The number of rotatable bonds is 5. The summed E-state index contributed by atoms with van der Waals surface area (Å²) in [6, 6.07) is 12.7. The van der Waals surface area contributed by atoms with Crippen LogP contribution in [0.2, 0.25) is 0 Å². The number of benzene rings is 2. The van der Waals surface area contributed by atoms with Crippen LogP contribution >= 0.6 is 0 Å². The number of likely N-dealkylation sites (tertiary alicyclic amines) is 1. The molecule has 33 heavy (non-hydrogen) atoms. The molecule has 1 fully saturated rings. The zero-order chi connectivity index (χ0) is 23.0. The molecule has 3 aromatic rings. The van der Waals surface area contributed by atoms with Crippen LogP contribution in [-0.4, -0.2) is 42.5 Å². The van der Waals surface area contributed by atoms with Gasteiger partial charge in [0.1, 0.15) is 0 Å². The molecule has 0 spiro atoms. The van der Waals surface area contributed by atoms with Crippen LogP contribution in [0.1, 0.15) is 59.1 Å². The van der Waals surface area contributed by atoms with Crippen LogP contribution in [0, 0.1) is 6.92 Å². The van der Waals surface area contributed by atoms with E-state index in [-0.39, 0.29) is 28.6 Å². The normalized spacial score (nSPS) is 18.3. The average Bonchev–Trinajstić information content (AvgIpc) is 3.52. The number of aromatic nitrogens is 2. The number of fused-ring (bicyclic) bond motifs is 1. The molecule has 0 unspecified atom stereocenters. The highest BCUT2D eigenvalue weighted by atomic mass is 32.2. The summed E-state index contributed by atoms with van der Waals surface area (Å²) in [5.41, 5.74) is 3.31. The molecule has 1 aliphatic heterocycles. The van der Waals surface area contributed by atoms with Crippen molar-refractivity contribution in [3.63, 3.8) is 0 Å². The van der Waals surface area contributed by atoms with E-state index in [1.165, 1.54) is 5.56 Å². The van der Waals surface area contributed by atoms with Gasteiger partial charge < -0.3 is 9.42 Å². The predicted molar refractivity (Wildman–Crippen MR) is 122 cm³/mol. The lowest BCUT2D eigenvalue weighted by Gasteiger charge is -2.26. The highest BCUT2D eigenvalue weighted by molar-refractivity contribution is 7.89. The Balaban J connectivity index is 1.42. The number of aryl methyl sites for hydroxylation is 2. The highest BCUT2D eigenvalue weighted by Gasteiger charge is 2.28. The van der Waals surface area contributed by atoms with Crippen LogP contribution in [-0.2, 0) is 16.4 Å². The van der Waals surface area contributed by atoms with Crippen molar-refractivity contribution in [2.45, 2.75) is 50.0 Å². The first-order valence-corrected chi connectivity index (χ1v) is 12.7. The number of carbonyl (C=O) groups excluding carboxylic acids is 1. The van der Waals surface area contributed by atoms with Gasteiger partial charge in [0.15, 0.2) is 0 Å². The van der Waals surface area contributed by atoms with E-state index in [1.807, 2.05) is 18.2 Å². The monoisotopic (exact) mass is 466 g/mol. The molecule has 1 N–H and O–H groups in total. The first-order chi connectivity index (χ1) is 15.9. The van der Waals surface area contributed by atoms with Crippen LogP contribution < -0.4 is 4.72 Å². The number of amides is 1. The van der Waals surface area contributed by atoms with Crippen molar-refractivity contribution in [1.82, 2.24) is 19.8 Å². The van der Waals surface area contributed by atoms with E-state index in [1.54, 1.807) is 30.0 Å². The van der Waals surface area contributed by atoms with E-state index in [0.29, 0.717) is 24.2 Å².